The van der Waals surface area contributed by atoms with Crippen LogP contribution in [0.5, 0.6) is 0 Å². The van der Waals surface area contributed by atoms with Crippen LogP contribution >= 0.6 is 0 Å². The summed E-state index contributed by atoms with van der Waals surface area (Å²) in [7, 11) is 0. The molecule has 1 atom stereocenters. The van der Waals surface area contributed by atoms with Gasteiger partial charge in [-0.05, 0) is 44.0 Å². The van der Waals surface area contributed by atoms with E-state index >= 15 is 0 Å². The van der Waals surface area contributed by atoms with Crippen molar-refractivity contribution >= 4 is 5.91 Å². The first-order chi connectivity index (χ1) is 11.8. The van der Waals surface area contributed by atoms with Crippen LogP contribution in [0.1, 0.15) is 30.7 Å². The molecule has 2 fully saturated rings. The molecular formula is C19H22N4O. The number of amides is 1. The molecule has 1 N–H and O–H groups in total. The molecule has 2 aliphatic rings. The minimum absolute atomic E-state index is 0.159. The van der Waals surface area contributed by atoms with Gasteiger partial charge < -0.3 is 10.2 Å². The van der Waals surface area contributed by atoms with Crippen molar-refractivity contribution in [3.05, 3.63) is 60.2 Å². The Morgan fingerprint density at radius 3 is 2.46 bits per heavy atom. The van der Waals surface area contributed by atoms with Crippen molar-refractivity contribution in [3.8, 4) is 0 Å². The Labute approximate surface area is 142 Å². The number of benzene rings is 1. The summed E-state index contributed by atoms with van der Waals surface area (Å²) in [6.07, 6.45) is 6.24. The van der Waals surface area contributed by atoms with Crippen molar-refractivity contribution < 1.29 is 4.79 Å². The second kappa shape index (κ2) is 6.32. The predicted octanol–water partition coefficient (Wildman–Crippen LogP) is 1.75. The molecule has 0 saturated carbocycles. The number of nitrogens with zero attached hydrogens (tertiary/aromatic N) is 3. The molecule has 2 aromatic rings. The summed E-state index contributed by atoms with van der Waals surface area (Å²) in [4.78, 5) is 24.6. The molecule has 2 saturated heterocycles. The molecular weight excluding hydrogens is 300 g/mol. The van der Waals surface area contributed by atoms with Crippen LogP contribution in [0, 0.1) is 0 Å². The fourth-order valence-corrected chi connectivity index (χ4v) is 4.06. The first kappa shape index (κ1) is 15.3. The van der Waals surface area contributed by atoms with Gasteiger partial charge in [-0.25, -0.2) is 9.97 Å². The molecule has 5 heteroatoms. The lowest BCUT2D eigenvalue weighted by Gasteiger charge is -2.33. The molecule has 1 unspecified atom stereocenters. The van der Waals surface area contributed by atoms with E-state index in [0.717, 1.165) is 44.5 Å². The van der Waals surface area contributed by atoms with Crippen LogP contribution in [-0.2, 0) is 10.2 Å². The zero-order valence-electron chi connectivity index (χ0n) is 13.7. The lowest BCUT2D eigenvalue weighted by atomic mass is 9.78. The topological polar surface area (TPSA) is 58.1 Å². The number of carbonyl (C=O) groups excluding carboxylic acids is 1. The van der Waals surface area contributed by atoms with E-state index in [1.807, 2.05) is 30.3 Å². The fraction of sp³-hybridized carbons (Fsp3) is 0.421. The number of hydrogen-bond acceptors (Lipinski definition) is 4. The highest BCUT2D eigenvalue weighted by atomic mass is 16.2. The molecule has 0 aliphatic carbocycles. The zero-order valence-corrected chi connectivity index (χ0v) is 13.7. The van der Waals surface area contributed by atoms with E-state index < -0.39 is 5.41 Å². The van der Waals surface area contributed by atoms with Gasteiger partial charge in [0.15, 0.2) is 0 Å². The van der Waals surface area contributed by atoms with Crippen LogP contribution in [0.15, 0.2) is 48.8 Å². The molecule has 24 heavy (non-hydrogen) atoms. The first-order valence-corrected chi connectivity index (χ1v) is 8.67. The Bertz CT molecular complexity index is 658. The number of likely N-dealkylation sites (tertiary alicyclic amines) is 1. The van der Waals surface area contributed by atoms with Gasteiger partial charge >= 0.3 is 0 Å². The minimum Gasteiger partial charge on any atom is -0.338 e. The van der Waals surface area contributed by atoms with Gasteiger partial charge in [0, 0.05) is 25.0 Å². The largest absolute Gasteiger partial charge is 0.338 e. The SMILES string of the molecule is O=C1N(C2CCNCC2)CCC1(c1ccccc1)c1ncccn1. The van der Waals surface area contributed by atoms with E-state index in [2.05, 4.69) is 20.2 Å². The summed E-state index contributed by atoms with van der Waals surface area (Å²) in [6, 6.07) is 12.1. The Morgan fingerprint density at radius 2 is 1.75 bits per heavy atom. The highest BCUT2D eigenvalue weighted by Gasteiger charge is 2.52. The van der Waals surface area contributed by atoms with Crippen LogP contribution < -0.4 is 5.32 Å². The summed E-state index contributed by atoms with van der Waals surface area (Å²) in [6.45, 7) is 2.74. The molecule has 1 aromatic heterocycles. The van der Waals surface area contributed by atoms with Crippen molar-refractivity contribution in [2.24, 2.45) is 0 Å². The summed E-state index contributed by atoms with van der Waals surface area (Å²) in [5, 5.41) is 3.37. The van der Waals surface area contributed by atoms with Crippen molar-refractivity contribution in [2.45, 2.75) is 30.7 Å². The molecule has 124 valence electrons. The smallest absolute Gasteiger partial charge is 0.241 e. The number of rotatable bonds is 3. The predicted molar refractivity (Wildman–Crippen MR) is 91.5 cm³/mol. The van der Waals surface area contributed by atoms with Crippen LogP contribution in [0.25, 0.3) is 0 Å². The number of hydrogen-bond donors (Lipinski definition) is 1. The molecule has 1 aromatic carbocycles. The van der Waals surface area contributed by atoms with Crippen molar-refractivity contribution in [3.63, 3.8) is 0 Å². The van der Waals surface area contributed by atoms with Gasteiger partial charge in [0.2, 0.25) is 5.91 Å². The van der Waals surface area contributed by atoms with E-state index in [1.165, 1.54) is 0 Å². The van der Waals surface area contributed by atoms with E-state index in [0.29, 0.717) is 11.9 Å². The third-order valence-electron chi connectivity index (χ3n) is 5.32. The van der Waals surface area contributed by atoms with Crippen LogP contribution in [0.3, 0.4) is 0 Å². The standard InChI is InChI=1S/C19H22N4O/c24-18-19(15-5-2-1-3-6-15,17-21-10-4-11-22-17)9-14-23(18)16-7-12-20-13-8-16/h1-6,10-11,16,20H,7-9,12-14H2. The quantitative estimate of drug-likeness (QED) is 0.935. The van der Waals surface area contributed by atoms with Crippen molar-refractivity contribution in [1.29, 1.82) is 0 Å². The van der Waals surface area contributed by atoms with E-state index in [-0.39, 0.29) is 5.91 Å². The van der Waals surface area contributed by atoms with E-state index in [4.69, 9.17) is 0 Å². The van der Waals surface area contributed by atoms with Gasteiger partial charge in [0.1, 0.15) is 11.2 Å². The first-order valence-electron chi connectivity index (χ1n) is 8.67. The van der Waals surface area contributed by atoms with Gasteiger partial charge in [-0.2, -0.15) is 0 Å². The molecule has 4 rings (SSSR count). The maximum Gasteiger partial charge on any atom is 0.241 e. The van der Waals surface area contributed by atoms with Gasteiger partial charge in [-0.3, -0.25) is 4.79 Å². The third kappa shape index (κ3) is 2.40. The lowest BCUT2D eigenvalue weighted by molar-refractivity contribution is -0.133. The summed E-state index contributed by atoms with van der Waals surface area (Å²) < 4.78 is 0. The molecule has 1 amide bonds. The van der Waals surface area contributed by atoms with Crippen LogP contribution in [0.4, 0.5) is 0 Å². The normalized spacial score (nSPS) is 25.2. The second-order valence-corrected chi connectivity index (χ2v) is 6.57. The molecule has 5 nitrogen and oxygen atoms in total. The number of carbonyl (C=O) groups is 1. The number of piperidine rings is 1. The minimum atomic E-state index is -0.743. The van der Waals surface area contributed by atoms with Crippen molar-refractivity contribution in [1.82, 2.24) is 20.2 Å². The molecule has 0 radical (unpaired) electrons. The monoisotopic (exact) mass is 322 g/mol. The van der Waals surface area contributed by atoms with Gasteiger partial charge in [0.05, 0.1) is 0 Å². The maximum atomic E-state index is 13.6. The molecule has 3 heterocycles. The zero-order chi connectivity index (χ0) is 16.4. The Morgan fingerprint density at radius 1 is 1.04 bits per heavy atom. The average Bonchev–Trinajstić information content (AvgIpc) is 3.02. The van der Waals surface area contributed by atoms with Crippen molar-refractivity contribution in [2.75, 3.05) is 19.6 Å². The van der Waals surface area contributed by atoms with E-state index in [9.17, 15) is 4.79 Å². The summed E-state index contributed by atoms with van der Waals surface area (Å²) in [5.41, 5.74) is 0.255. The molecule has 0 spiro atoms. The number of nitrogens with one attached hydrogen (secondary N) is 1. The second-order valence-electron chi connectivity index (χ2n) is 6.57. The lowest BCUT2D eigenvalue weighted by Crippen LogP contribution is -2.47. The fourth-order valence-electron chi connectivity index (χ4n) is 4.06. The third-order valence-corrected chi connectivity index (χ3v) is 5.32. The highest BCUT2D eigenvalue weighted by Crippen LogP contribution is 2.41. The summed E-state index contributed by atoms with van der Waals surface area (Å²) >= 11 is 0. The highest BCUT2D eigenvalue weighted by molar-refractivity contribution is 5.93. The Kier molecular flexibility index (Phi) is 4.02. The molecule has 2 aliphatic heterocycles. The van der Waals surface area contributed by atoms with Crippen LogP contribution in [-0.4, -0.2) is 46.5 Å². The average molecular weight is 322 g/mol. The maximum absolute atomic E-state index is 13.6. The summed E-state index contributed by atoms with van der Waals surface area (Å²) in [5.74, 6) is 0.782. The Balaban J connectivity index is 1.76. The van der Waals surface area contributed by atoms with Gasteiger partial charge in [0.25, 0.3) is 0 Å². The van der Waals surface area contributed by atoms with Gasteiger partial charge in [-0.1, -0.05) is 30.3 Å². The van der Waals surface area contributed by atoms with Crippen LogP contribution in [0.2, 0.25) is 0 Å². The van der Waals surface area contributed by atoms with E-state index in [1.54, 1.807) is 18.5 Å². The number of aromatic nitrogens is 2. The Hall–Kier alpha value is -2.27. The molecule has 0 bridgehead atoms. The van der Waals surface area contributed by atoms with Gasteiger partial charge in [-0.15, -0.1) is 0 Å².